The van der Waals surface area contributed by atoms with Gasteiger partial charge < -0.3 is 24.7 Å². The van der Waals surface area contributed by atoms with E-state index >= 15 is 0 Å². The number of amides is 2. The van der Waals surface area contributed by atoms with E-state index in [1.54, 1.807) is 12.1 Å². The number of H-pyrrole nitrogens is 1. The smallest absolute Gasteiger partial charge is 0.308 e. The number of aliphatic imine (C=N–C) groups is 1. The Kier molecular flexibility index (Phi) is 7.94. The predicted octanol–water partition coefficient (Wildman–Crippen LogP) is 5.16. The van der Waals surface area contributed by atoms with Crippen LogP contribution in [-0.2, 0) is 20.9 Å². The normalized spacial score (nSPS) is 14.3. The van der Waals surface area contributed by atoms with E-state index in [9.17, 15) is 19.2 Å². The lowest BCUT2D eigenvalue weighted by atomic mass is 10.00. The molecule has 2 N–H and O–H groups in total. The van der Waals surface area contributed by atoms with Crippen LogP contribution >= 0.6 is 0 Å². The summed E-state index contributed by atoms with van der Waals surface area (Å²) in [5.74, 6) is -2.03. The first-order valence-electron chi connectivity index (χ1n) is 14.2. The number of esters is 2. The second kappa shape index (κ2) is 12.3. The number of para-hydroxylation sites is 2. The average Bonchev–Trinajstić information content (AvgIpc) is 3.43. The Morgan fingerprint density at radius 1 is 0.822 bits per heavy atom. The van der Waals surface area contributed by atoms with Gasteiger partial charge in [-0.05, 0) is 35.9 Å². The molecule has 1 aromatic heterocycles. The van der Waals surface area contributed by atoms with Gasteiger partial charge in [0.15, 0.2) is 11.5 Å². The monoisotopic (exact) mass is 600 g/mol. The van der Waals surface area contributed by atoms with E-state index in [4.69, 9.17) is 14.5 Å². The molecule has 224 valence electrons. The molecular formula is C35H28N4O6. The maximum atomic E-state index is 14.3. The Morgan fingerprint density at radius 2 is 1.51 bits per heavy atom. The molecule has 0 saturated heterocycles. The number of carbonyl (C=O) groups is 4. The van der Waals surface area contributed by atoms with Crippen LogP contribution < -0.4 is 19.7 Å². The molecule has 0 spiro atoms. The lowest BCUT2D eigenvalue weighted by molar-refractivity contribution is -0.134. The van der Waals surface area contributed by atoms with E-state index in [0.29, 0.717) is 28.2 Å². The fraction of sp³-hybridized carbons (Fsp3) is 0.114. The number of rotatable bonds is 7. The summed E-state index contributed by atoms with van der Waals surface area (Å²) in [6.45, 7) is 2.51. The maximum absolute atomic E-state index is 14.3. The summed E-state index contributed by atoms with van der Waals surface area (Å²) in [4.78, 5) is 60.8. The first kappa shape index (κ1) is 29.1. The van der Waals surface area contributed by atoms with Gasteiger partial charge in [-0.3, -0.25) is 19.2 Å². The molecule has 0 aliphatic carbocycles. The largest absolute Gasteiger partial charge is 0.423 e. The van der Waals surface area contributed by atoms with Crippen LogP contribution in [0.3, 0.4) is 0 Å². The van der Waals surface area contributed by atoms with Gasteiger partial charge in [0, 0.05) is 35.9 Å². The number of carbonyl (C=O) groups excluding carboxylic acids is 4. The van der Waals surface area contributed by atoms with Crippen molar-refractivity contribution in [3.05, 3.63) is 126 Å². The molecular weight excluding hydrogens is 572 g/mol. The van der Waals surface area contributed by atoms with Gasteiger partial charge in [0.25, 0.3) is 11.8 Å². The van der Waals surface area contributed by atoms with Crippen LogP contribution in [0.15, 0.2) is 108 Å². The van der Waals surface area contributed by atoms with Crippen molar-refractivity contribution < 1.29 is 28.7 Å². The number of fused-ring (bicyclic) bond motifs is 2. The summed E-state index contributed by atoms with van der Waals surface area (Å²) >= 11 is 0. The van der Waals surface area contributed by atoms with Crippen molar-refractivity contribution in [3.8, 4) is 11.5 Å². The number of aromatic amines is 1. The van der Waals surface area contributed by atoms with Crippen LogP contribution in [-0.4, -0.2) is 40.6 Å². The molecule has 4 aromatic carbocycles. The van der Waals surface area contributed by atoms with Crippen molar-refractivity contribution in [2.45, 2.75) is 26.6 Å². The SMILES string of the molecule is CC(=O)Oc1ccc(CN2C(=O)[C@@H](NC(=O)c3cc4ccccc4[nH]3)N=C(c3ccccc3)c3ccccc32)cc1OC(C)=O. The topological polar surface area (TPSA) is 130 Å². The Bertz CT molecular complexity index is 1950. The van der Waals surface area contributed by atoms with Crippen molar-refractivity contribution in [1.82, 2.24) is 10.3 Å². The van der Waals surface area contributed by atoms with E-state index in [1.165, 1.54) is 30.9 Å². The van der Waals surface area contributed by atoms with Crippen LogP contribution in [0.4, 0.5) is 5.69 Å². The van der Waals surface area contributed by atoms with Crippen molar-refractivity contribution in [2.75, 3.05) is 4.90 Å². The molecule has 1 aliphatic rings. The van der Waals surface area contributed by atoms with Crippen molar-refractivity contribution >= 4 is 46.1 Å². The molecule has 6 rings (SSSR count). The zero-order valence-electron chi connectivity index (χ0n) is 24.4. The number of nitrogens with one attached hydrogen (secondary N) is 2. The second-order valence-corrected chi connectivity index (χ2v) is 10.4. The number of benzodiazepines with no additional fused rings is 1. The second-order valence-electron chi connectivity index (χ2n) is 10.4. The highest BCUT2D eigenvalue weighted by Gasteiger charge is 2.33. The molecule has 0 fully saturated rings. The maximum Gasteiger partial charge on any atom is 0.308 e. The summed E-state index contributed by atoms with van der Waals surface area (Å²) in [6, 6.07) is 30.7. The first-order valence-corrected chi connectivity index (χ1v) is 14.2. The number of anilines is 1. The molecule has 10 heteroatoms. The zero-order valence-corrected chi connectivity index (χ0v) is 24.4. The summed E-state index contributed by atoms with van der Waals surface area (Å²) in [6.07, 6.45) is -1.28. The standard InChI is InChI=1S/C35H28N4O6/c1-21(40)44-30-17-16-23(18-31(30)45-22(2)41)20-39-29-15-9-7-13-26(29)32(24-10-4-3-5-11-24)37-33(35(39)43)38-34(42)28-19-25-12-6-8-14-27(25)36-28/h3-19,33,36H,20H2,1-2H3,(H,38,42)/t33-/m1/s1. The molecule has 2 heterocycles. The van der Waals surface area contributed by atoms with Crippen LogP contribution in [0.2, 0.25) is 0 Å². The molecule has 1 atom stereocenters. The van der Waals surface area contributed by atoms with Gasteiger partial charge in [-0.25, -0.2) is 4.99 Å². The number of ether oxygens (including phenoxy) is 2. The van der Waals surface area contributed by atoms with E-state index in [0.717, 1.165) is 16.5 Å². The van der Waals surface area contributed by atoms with Gasteiger partial charge in [-0.1, -0.05) is 72.8 Å². The molecule has 10 nitrogen and oxygen atoms in total. The van der Waals surface area contributed by atoms with Crippen molar-refractivity contribution in [3.63, 3.8) is 0 Å². The van der Waals surface area contributed by atoms with Crippen LogP contribution in [0.25, 0.3) is 10.9 Å². The van der Waals surface area contributed by atoms with Crippen LogP contribution in [0, 0.1) is 0 Å². The molecule has 0 radical (unpaired) electrons. The van der Waals surface area contributed by atoms with Gasteiger partial charge in [-0.15, -0.1) is 0 Å². The van der Waals surface area contributed by atoms with E-state index in [-0.39, 0.29) is 18.0 Å². The van der Waals surface area contributed by atoms with Crippen LogP contribution in [0.1, 0.15) is 41.0 Å². The first-order chi connectivity index (χ1) is 21.8. The lowest BCUT2D eigenvalue weighted by Gasteiger charge is -2.26. The summed E-state index contributed by atoms with van der Waals surface area (Å²) in [7, 11) is 0. The van der Waals surface area contributed by atoms with Crippen molar-refractivity contribution in [2.24, 2.45) is 4.99 Å². The number of aromatic nitrogens is 1. The lowest BCUT2D eigenvalue weighted by Crippen LogP contribution is -2.47. The zero-order chi connectivity index (χ0) is 31.5. The predicted molar refractivity (Wildman–Crippen MR) is 168 cm³/mol. The molecule has 45 heavy (non-hydrogen) atoms. The molecule has 0 saturated carbocycles. The minimum atomic E-state index is -1.28. The van der Waals surface area contributed by atoms with Crippen LogP contribution in [0.5, 0.6) is 11.5 Å². The Labute approximate surface area is 258 Å². The Morgan fingerprint density at radius 3 is 2.27 bits per heavy atom. The number of hydrogen-bond donors (Lipinski definition) is 2. The summed E-state index contributed by atoms with van der Waals surface area (Å²) < 4.78 is 10.5. The molecule has 0 bridgehead atoms. The summed E-state index contributed by atoms with van der Waals surface area (Å²) in [5.41, 5.74) is 4.23. The van der Waals surface area contributed by atoms with Gasteiger partial charge in [-0.2, -0.15) is 0 Å². The fourth-order valence-corrected chi connectivity index (χ4v) is 5.22. The molecule has 5 aromatic rings. The fourth-order valence-electron chi connectivity index (χ4n) is 5.22. The number of hydrogen-bond acceptors (Lipinski definition) is 7. The highest BCUT2D eigenvalue weighted by atomic mass is 16.6. The van der Waals surface area contributed by atoms with E-state index < -0.39 is 29.9 Å². The van der Waals surface area contributed by atoms with E-state index in [2.05, 4.69) is 10.3 Å². The third kappa shape index (κ3) is 6.21. The third-order valence-electron chi connectivity index (χ3n) is 7.15. The molecule has 1 aliphatic heterocycles. The summed E-state index contributed by atoms with van der Waals surface area (Å²) in [5, 5.41) is 3.69. The highest BCUT2D eigenvalue weighted by molar-refractivity contribution is 6.20. The Hall–Kier alpha value is -6.03. The Balaban J connectivity index is 1.42. The number of benzene rings is 4. The minimum Gasteiger partial charge on any atom is -0.423 e. The van der Waals surface area contributed by atoms with Gasteiger partial charge in [0.2, 0.25) is 6.17 Å². The minimum absolute atomic E-state index is 0.0286. The van der Waals surface area contributed by atoms with Crippen molar-refractivity contribution in [1.29, 1.82) is 0 Å². The number of nitrogens with zero attached hydrogens (tertiary/aromatic N) is 2. The quantitative estimate of drug-likeness (QED) is 0.196. The van der Waals surface area contributed by atoms with Gasteiger partial charge >= 0.3 is 11.9 Å². The third-order valence-corrected chi connectivity index (χ3v) is 7.15. The van der Waals surface area contributed by atoms with Gasteiger partial charge in [0.05, 0.1) is 17.9 Å². The average molecular weight is 601 g/mol. The molecule has 0 unspecified atom stereocenters. The van der Waals surface area contributed by atoms with Gasteiger partial charge in [0.1, 0.15) is 5.69 Å². The molecule has 2 amide bonds. The van der Waals surface area contributed by atoms with E-state index in [1.807, 2.05) is 78.9 Å². The highest BCUT2D eigenvalue weighted by Crippen LogP contribution is 2.33.